The van der Waals surface area contributed by atoms with Gasteiger partial charge in [-0.2, -0.15) is 0 Å². The van der Waals surface area contributed by atoms with Crippen molar-refractivity contribution in [2.45, 2.75) is 13.8 Å². The number of carbonyl (C=O) groups excluding carboxylic acids is 1. The van der Waals surface area contributed by atoms with E-state index >= 15 is 0 Å². The summed E-state index contributed by atoms with van der Waals surface area (Å²) in [5.74, 6) is -0.410. The molecule has 0 aliphatic carbocycles. The van der Waals surface area contributed by atoms with Crippen LogP contribution in [0.3, 0.4) is 0 Å². The maximum atomic E-state index is 11.8. The van der Waals surface area contributed by atoms with Crippen molar-refractivity contribution in [2.75, 3.05) is 40.4 Å². The average molecular weight is 275 g/mol. The molecule has 0 heterocycles. The van der Waals surface area contributed by atoms with E-state index in [4.69, 9.17) is 22.7 Å². The van der Waals surface area contributed by atoms with Crippen molar-refractivity contribution in [1.29, 1.82) is 0 Å². The van der Waals surface area contributed by atoms with Crippen molar-refractivity contribution in [2.24, 2.45) is 17.6 Å². The Bertz CT molecular complexity index is 270. The maximum Gasteiger partial charge on any atom is 0.230 e. The summed E-state index contributed by atoms with van der Waals surface area (Å²) in [6.07, 6.45) is 0. The van der Waals surface area contributed by atoms with Crippen molar-refractivity contribution in [3.63, 3.8) is 0 Å². The first-order valence-electron chi connectivity index (χ1n) is 6.15. The van der Waals surface area contributed by atoms with Crippen LogP contribution in [0.15, 0.2) is 0 Å². The average Bonchev–Trinajstić information content (AvgIpc) is 2.21. The SMILES string of the molecule is CC(C)C(C(=O)NCCOCCN(C)C)C(N)=S. The molecular weight excluding hydrogens is 250 g/mol. The molecule has 0 aromatic carbocycles. The van der Waals surface area contributed by atoms with Gasteiger partial charge in [0, 0.05) is 13.1 Å². The van der Waals surface area contributed by atoms with Gasteiger partial charge in [0.1, 0.15) is 0 Å². The second-order valence-corrected chi connectivity index (χ2v) is 5.30. The molecule has 0 fully saturated rings. The van der Waals surface area contributed by atoms with E-state index in [-0.39, 0.29) is 16.8 Å². The number of nitrogens with zero attached hydrogens (tertiary/aromatic N) is 1. The Morgan fingerprint density at radius 3 is 2.44 bits per heavy atom. The third kappa shape index (κ3) is 7.58. The van der Waals surface area contributed by atoms with E-state index in [1.807, 2.05) is 32.8 Å². The van der Waals surface area contributed by atoms with Crippen LogP contribution in [0.2, 0.25) is 0 Å². The predicted molar refractivity (Wildman–Crippen MR) is 77.5 cm³/mol. The molecule has 0 bridgehead atoms. The number of ether oxygens (including phenoxy) is 1. The molecule has 106 valence electrons. The molecule has 1 atom stereocenters. The van der Waals surface area contributed by atoms with E-state index in [0.29, 0.717) is 19.8 Å². The zero-order valence-corrected chi connectivity index (χ0v) is 12.5. The predicted octanol–water partition coefficient (Wildman–Crippen LogP) is 0.239. The zero-order chi connectivity index (χ0) is 14.1. The molecule has 0 aromatic rings. The van der Waals surface area contributed by atoms with Gasteiger partial charge in [-0.3, -0.25) is 4.79 Å². The highest BCUT2D eigenvalue weighted by atomic mass is 32.1. The number of nitrogens with one attached hydrogen (secondary N) is 1. The lowest BCUT2D eigenvalue weighted by Gasteiger charge is -2.18. The van der Waals surface area contributed by atoms with Crippen LogP contribution in [-0.4, -0.2) is 56.2 Å². The minimum Gasteiger partial charge on any atom is -0.393 e. The highest BCUT2D eigenvalue weighted by Crippen LogP contribution is 2.11. The molecule has 0 saturated carbocycles. The van der Waals surface area contributed by atoms with Crippen molar-refractivity contribution in [1.82, 2.24) is 10.2 Å². The first-order valence-corrected chi connectivity index (χ1v) is 6.56. The number of hydrogen-bond acceptors (Lipinski definition) is 4. The van der Waals surface area contributed by atoms with Gasteiger partial charge >= 0.3 is 0 Å². The molecule has 0 radical (unpaired) electrons. The Morgan fingerprint density at radius 2 is 2.00 bits per heavy atom. The first kappa shape index (κ1) is 17.3. The normalized spacial score (nSPS) is 12.8. The van der Waals surface area contributed by atoms with Crippen LogP contribution in [0.5, 0.6) is 0 Å². The molecule has 0 rings (SSSR count). The van der Waals surface area contributed by atoms with Gasteiger partial charge in [0.2, 0.25) is 5.91 Å². The van der Waals surface area contributed by atoms with Gasteiger partial charge < -0.3 is 20.7 Å². The number of carbonyl (C=O) groups is 1. The van der Waals surface area contributed by atoms with Gasteiger partial charge in [-0.1, -0.05) is 26.1 Å². The van der Waals surface area contributed by atoms with Gasteiger partial charge in [-0.15, -0.1) is 0 Å². The third-order valence-corrected chi connectivity index (χ3v) is 2.74. The molecule has 5 nitrogen and oxygen atoms in total. The summed E-state index contributed by atoms with van der Waals surface area (Å²) < 4.78 is 5.38. The molecule has 0 aliphatic rings. The highest BCUT2D eigenvalue weighted by molar-refractivity contribution is 7.80. The summed E-state index contributed by atoms with van der Waals surface area (Å²) in [6.45, 7) is 6.37. The van der Waals surface area contributed by atoms with E-state index in [1.54, 1.807) is 0 Å². The van der Waals surface area contributed by atoms with Gasteiger partial charge in [0.05, 0.1) is 24.1 Å². The minimum atomic E-state index is -0.401. The molecule has 3 N–H and O–H groups in total. The van der Waals surface area contributed by atoms with Crippen LogP contribution in [0, 0.1) is 11.8 Å². The lowest BCUT2D eigenvalue weighted by atomic mass is 9.95. The van der Waals surface area contributed by atoms with Crippen LogP contribution >= 0.6 is 12.2 Å². The second-order valence-electron chi connectivity index (χ2n) is 4.83. The Labute approximate surface area is 115 Å². The van der Waals surface area contributed by atoms with Crippen molar-refractivity contribution < 1.29 is 9.53 Å². The van der Waals surface area contributed by atoms with E-state index in [9.17, 15) is 4.79 Å². The topological polar surface area (TPSA) is 67.6 Å². The number of likely N-dealkylation sites (N-methyl/N-ethyl adjacent to an activating group) is 1. The lowest BCUT2D eigenvalue weighted by Crippen LogP contribution is -2.41. The smallest absolute Gasteiger partial charge is 0.230 e. The standard InChI is InChI=1S/C12H25N3O2S/c1-9(2)10(11(13)18)12(16)14-5-7-17-8-6-15(3)4/h9-10H,5-8H2,1-4H3,(H2,13,18)(H,14,16). The third-order valence-electron chi connectivity index (χ3n) is 2.48. The molecule has 0 saturated heterocycles. The summed E-state index contributed by atoms with van der Waals surface area (Å²) >= 11 is 4.90. The molecule has 18 heavy (non-hydrogen) atoms. The summed E-state index contributed by atoms with van der Waals surface area (Å²) in [5, 5.41) is 2.79. The first-order chi connectivity index (χ1) is 8.36. The quantitative estimate of drug-likeness (QED) is 0.466. The van der Waals surface area contributed by atoms with Crippen LogP contribution in [-0.2, 0) is 9.53 Å². The van der Waals surface area contributed by atoms with Gasteiger partial charge in [0.25, 0.3) is 0 Å². The van der Waals surface area contributed by atoms with Crippen LogP contribution in [0.1, 0.15) is 13.8 Å². The summed E-state index contributed by atoms with van der Waals surface area (Å²) in [4.78, 5) is 14.1. The van der Waals surface area contributed by atoms with Gasteiger partial charge in [-0.25, -0.2) is 0 Å². The van der Waals surface area contributed by atoms with Gasteiger partial charge in [-0.05, 0) is 20.0 Å². The molecular formula is C12H25N3O2S. The van der Waals surface area contributed by atoms with E-state index in [0.717, 1.165) is 6.54 Å². The van der Waals surface area contributed by atoms with E-state index < -0.39 is 5.92 Å². The van der Waals surface area contributed by atoms with Crippen molar-refractivity contribution in [3.05, 3.63) is 0 Å². The lowest BCUT2D eigenvalue weighted by molar-refractivity contribution is -0.124. The van der Waals surface area contributed by atoms with Gasteiger partial charge in [0.15, 0.2) is 0 Å². The number of amides is 1. The fourth-order valence-corrected chi connectivity index (χ4v) is 1.85. The Morgan fingerprint density at radius 1 is 1.39 bits per heavy atom. The molecule has 0 spiro atoms. The number of nitrogens with two attached hydrogens (primary N) is 1. The van der Waals surface area contributed by atoms with E-state index in [1.165, 1.54) is 0 Å². The van der Waals surface area contributed by atoms with Crippen molar-refractivity contribution >= 4 is 23.1 Å². The summed E-state index contributed by atoms with van der Waals surface area (Å²) in [6, 6.07) is 0. The molecule has 1 unspecified atom stereocenters. The number of hydrogen-bond donors (Lipinski definition) is 2. The second kappa shape index (κ2) is 9.24. The Balaban J connectivity index is 3.78. The van der Waals surface area contributed by atoms with Crippen molar-refractivity contribution in [3.8, 4) is 0 Å². The molecule has 0 aliphatic heterocycles. The maximum absolute atomic E-state index is 11.8. The fraction of sp³-hybridized carbons (Fsp3) is 0.833. The number of thiocarbonyl (C=S) groups is 1. The van der Waals surface area contributed by atoms with Crippen LogP contribution in [0.4, 0.5) is 0 Å². The monoisotopic (exact) mass is 275 g/mol. The fourth-order valence-electron chi connectivity index (χ4n) is 1.47. The summed E-state index contributed by atoms with van der Waals surface area (Å²) in [5.41, 5.74) is 5.56. The highest BCUT2D eigenvalue weighted by Gasteiger charge is 2.24. The number of rotatable bonds is 9. The van der Waals surface area contributed by atoms with Crippen LogP contribution in [0.25, 0.3) is 0 Å². The van der Waals surface area contributed by atoms with Crippen LogP contribution < -0.4 is 11.1 Å². The largest absolute Gasteiger partial charge is 0.393 e. The zero-order valence-electron chi connectivity index (χ0n) is 11.7. The minimum absolute atomic E-state index is 0.108. The Hall–Kier alpha value is -0.720. The summed E-state index contributed by atoms with van der Waals surface area (Å²) in [7, 11) is 3.97. The van der Waals surface area contributed by atoms with E-state index in [2.05, 4.69) is 5.32 Å². The molecule has 6 heteroatoms. The molecule has 0 aromatic heterocycles. The molecule has 1 amide bonds. The Kier molecular flexibility index (Phi) is 8.87.